The Morgan fingerprint density at radius 2 is 2.45 bits per heavy atom. The predicted octanol–water partition coefficient (Wildman–Crippen LogP) is 0.725. The average molecular weight is 154 g/mol. The van der Waals surface area contributed by atoms with E-state index in [0.29, 0.717) is 5.41 Å². The van der Waals surface area contributed by atoms with Gasteiger partial charge in [0.2, 0.25) is 0 Å². The first-order valence-corrected chi connectivity index (χ1v) is 4.78. The zero-order valence-electron chi connectivity index (χ0n) is 7.10. The van der Waals surface area contributed by atoms with Gasteiger partial charge in [0.25, 0.3) is 0 Å². The molecule has 2 atom stereocenters. The summed E-state index contributed by atoms with van der Waals surface area (Å²) in [6, 6.07) is 0. The minimum Gasteiger partial charge on any atom is -0.330 e. The monoisotopic (exact) mass is 154 g/mol. The summed E-state index contributed by atoms with van der Waals surface area (Å²) in [6.45, 7) is 3.38. The van der Waals surface area contributed by atoms with Crippen molar-refractivity contribution in [3.8, 4) is 0 Å². The summed E-state index contributed by atoms with van der Waals surface area (Å²) in [7, 11) is 0. The number of hydrogen-bond donors (Lipinski definition) is 2. The highest BCUT2D eigenvalue weighted by Crippen LogP contribution is 2.57. The molecular formula is C9H18N2. The molecule has 64 valence electrons. The second-order valence-electron chi connectivity index (χ2n) is 4.12. The van der Waals surface area contributed by atoms with Crippen LogP contribution in [0, 0.1) is 11.3 Å². The summed E-state index contributed by atoms with van der Waals surface area (Å²) in [4.78, 5) is 0. The molecule has 2 fully saturated rings. The molecule has 1 saturated heterocycles. The Hall–Kier alpha value is -0.0800. The predicted molar refractivity (Wildman–Crippen MR) is 46.3 cm³/mol. The number of nitrogens with two attached hydrogens (primary N) is 1. The van der Waals surface area contributed by atoms with Crippen LogP contribution < -0.4 is 11.1 Å². The van der Waals surface area contributed by atoms with E-state index in [0.717, 1.165) is 12.5 Å². The molecule has 1 aliphatic carbocycles. The molecule has 0 aromatic carbocycles. The molecule has 11 heavy (non-hydrogen) atoms. The third kappa shape index (κ3) is 1.30. The van der Waals surface area contributed by atoms with E-state index in [1.807, 2.05) is 0 Å². The van der Waals surface area contributed by atoms with Gasteiger partial charge in [-0.2, -0.15) is 0 Å². The Morgan fingerprint density at radius 1 is 1.55 bits per heavy atom. The van der Waals surface area contributed by atoms with Crippen LogP contribution >= 0.6 is 0 Å². The van der Waals surface area contributed by atoms with Gasteiger partial charge in [-0.15, -0.1) is 0 Å². The fourth-order valence-electron chi connectivity index (χ4n) is 2.56. The Labute approximate surface area is 68.5 Å². The molecule has 0 radical (unpaired) electrons. The normalized spacial score (nSPS) is 42.8. The van der Waals surface area contributed by atoms with Gasteiger partial charge >= 0.3 is 0 Å². The van der Waals surface area contributed by atoms with Crippen LogP contribution in [0.3, 0.4) is 0 Å². The second-order valence-corrected chi connectivity index (χ2v) is 4.12. The molecule has 1 spiro atoms. The van der Waals surface area contributed by atoms with Crippen molar-refractivity contribution < 1.29 is 0 Å². The lowest BCUT2D eigenvalue weighted by molar-refractivity contribution is 0.323. The van der Waals surface area contributed by atoms with Crippen molar-refractivity contribution in [2.75, 3.05) is 19.6 Å². The molecule has 2 unspecified atom stereocenters. The standard InChI is InChI=1S/C9H18N2/c10-4-2-8-6-9(8)3-1-5-11-7-9/h8,11H,1-7,10H2. The van der Waals surface area contributed by atoms with Crippen molar-refractivity contribution in [2.24, 2.45) is 17.1 Å². The van der Waals surface area contributed by atoms with Crippen molar-refractivity contribution in [2.45, 2.75) is 25.7 Å². The van der Waals surface area contributed by atoms with Crippen molar-refractivity contribution in [1.29, 1.82) is 0 Å². The molecule has 0 bridgehead atoms. The highest BCUT2D eigenvalue weighted by molar-refractivity contribution is 5.04. The Morgan fingerprint density at radius 3 is 3.09 bits per heavy atom. The van der Waals surface area contributed by atoms with Crippen LogP contribution in [0.2, 0.25) is 0 Å². The summed E-state index contributed by atoms with van der Waals surface area (Å²) < 4.78 is 0. The van der Waals surface area contributed by atoms with Crippen LogP contribution in [0.15, 0.2) is 0 Å². The molecule has 0 amide bonds. The van der Waals surface area contributed by atoms with E-state index in [1.165, 1.54) is 38.8 Å². The van der Waals surface area contributed by atoms with Crippen LogP contribution in [0.1, 0.15) is 25.7 Å². The van der Waals surface area contributed by atoms with Gasteiger partial charge in [0.1, 0.15) is 0 Å². The first-order chi connectivity index (χ1) is 5.37. The van der Waals surface area contributed by atoms with Crippen LogP contribution in [-0.4, -0.2) is 19.6 Å². The van der Waals surface area contributed by atoms with Gasteiger partial charge in [-0.25, -0.2) is 0 Å². The summed E-state index contributed by atoms with van der Waals surface area (Å²) in [5, 5.41) is 3.49. The van der Waals surface area contributed by atoms with Crippen molar-refractivity contribution >= 4 is 0 Å². The second kappa shape index (κ2) is 2.76. The van der Waals surface area contributed by atoms with Crippen molar-refractivity contribution in [3.05, 3.63) is 0 Å². The minimum atomic E-state index is 0.706. The van der Waals surface area contributed by atoms with E-state index < -0.39 is 0 Å². The van der Waals surface area contributed by atoms with E-state index in [4.69, 9.17) is 5.73 Å². The lowest BCUT2D eigenvalue weighted by Crippen LogP contribution is -2.32. The zero-order chi connectivity index (χ0) is 7.73. The lowest BCUT2D eigenvalue weighted by Gasteiger charge is -2.23. The molecule has 0 aromatic rings. The van der Waals surface area contributed by atoms with Crippen molar-refractivity contribution in [3.63, 3.8) is 0 Å². The van der Waals surface area contributed by atoms with E-state index in [-0.39, 0.29) is 0 Å². The maximum Gasteiger partial charge on any atom is 0.00106 e. The summed E-state index contributed by atoms with van der Waals surface area (Å²) in [5.41, 5.74) is 6.25. The number of hydrogen-bond acceptors (Lipinski definition) is 2. The third-order valence-corrected chi connectivity index (χ3v) is 3.38. The first kappa shape index (κ1) is 7.56. The number of piperidine rings is 1. The topological polar surface area (TPSA) is 38.0 Å². The molecule has 1 heterocycles. The molecule has 2 rings (SSSR count). The smallest absolute Gasteiger partial charge is 0.00106 e. The molecule has 2 heteroatoms. The largest absolute Gasteiger partial charge is 0.330 e. The lowest BCUT2D eigenvalue weighted by atomic mass is 9.93. The van der Waals surface area contributed by atoms with Gasteiger partial charge < -0.3 is 11.1 Å². The number of rotatable bonds is 2. The summed E-state index contributed by atoms with van der Waals surface area (Å²) >= 11 is 0. The van der Waals surface area contributed by atoms with Gasteiger partial charge in [0.15, 0.2) is 0 Å². The van der Waals surface area contributed by atoms with Crippen LogP contribution in [0.25, 0.3) is 0 Å². The van der Waals surface area contributed by atoms with Crippen LogP contribution in [-0.2, 0) is 0 Å². The van der Waals surface area contributed by atoms with Crippen molar-refractivity contribution in [1.82, 2.24) is 5.32 Å². The van der Waals surface area contributed by atoms with Gasteiger partial charge in [0.05, 0.1) is 0 Å². The quantitative estimate of drug-likeness (QED) is 0.615. The zero-order valence-corrected chi connectivity index (χ0v) is 7.10. The maximum absolute atomic E-state index is 5.54. The fourth-order valence-corrected chi connectivity index (χ4v) is 2.56. The Kier molecular flexibility index (Phi) is 1.90. The van der Waals surface area contributed by atoms with E-state index >= 15 is 0 Å². The van der Waals surface area contributed by atoms with E-state index in [1.54, 1.807) is 0 Å². The summed E-state index contributed by atoms with van der Waals surface area (Å²) in [5.74, 6) is 0.959. The molecule has 2 aliphatic rings. The molecular weight excluding hydrogens is 136 g/mol. The summed E-state index contributed by atoms with van der Waals surface area (Å²) in [6.07, 6.45) is 5.52. The highest BCUT2D eigenvalue weighted by atomic mass is 14.9. The van der Waals surface area contributed by atoms with E-state index in [9.17, 15) is 0 Å². The average Bonchev–Trinajstić information content (AvgIpc) is 2.66. The Balaban J connectivity index is 1.84. The molecule has 3 N–H and O–H groups in total. The fraction of sp³-hybridized carbons (Fsp3) is 1.00. The van der Waals surface area contributed by atoms with Gasteiger partial charge in [-0.1, -0.05) is 0 Å². The maximum atomic E-state index is 5.54. The highest BCUT2D eigenvalue weighted by Gasteiger charge is 2.52. The van der Waals surface area contributed by atoms with Crippen LogP contribution in [0.4, 0.5) is 0 Å². The number of nitrogens with one attached hydrogen (secondary N) is 1. The SMILES string of the molecule is NCCC1CC12CCCNC2. The molecule has 2 nitrogen and oxygen atoms in total. The molecule has 1 aliphatic heterocycles. The van der Waals surface area contributed by atoms with E-state index in [2.05, 4.69) is 5.32 Å². The van der Waals surface area contributed by atoms with Crippen LogP contribution in [0.5, 0.6) is 0 Å². The Bertz CT molecular complexity index is 138. The van der Waals surface area contributed by atoms with Gasteiger partial charge in [-0.3, -0.25) is 0 Å². The first-order valence-electron chi connectivity index (χ1n) is 4.78. The molecule has 0 aromatic heterocycles. The molecule has 1 saturated carbocycles. The van der Waals surface area contributed by atoms with Gasteiger partial charge in [-0.05, 0) is 50.1 Å². The third-order valence-electron chi connectivity index (χ3n) is 3.38. The van der Waals surface area contributed by atoms with Gasteiger partial charge in [0, 0.05) is 6.54 Å². The minimum absolute atomic E-state index is 0.706.